The zero-order valence-electron chi connectivity index (χ0n) is 9.82. The van der Waals surface area contributed by atoms with Gasteiger partial charge in [-0.3, -0.25) is 9.59 Å². The zero-order valence-corrected chi connectivity index (χ0v) is 9.82. The number of carbonyl (C=O) groups excluding carboxylic acids is 2. The lowest BCUT2D eigenvalue weighted by Gasteiger charge is -2.23. The third kappa shape index (κ3) is 2.13. The van der Waals surface area contributed by atoms with Gasteiger partial charge in [0.1, 0.15) is 5.41 Å². The molecule has 0 heterocycles. The fraction of sp³-hybridized carbons (Fsp3) is 0.385. The Morgan fingerprint density at radius 2 is 1.81 bits per heavy atom. The Hall–Kier alpha value is -1.64. The van der Waals surface area contributed by atoms with Gasteiger partial charge in [0.2, 0.25) is 0 Å². The van der Waals surface area contributed by atoms with E-state index in [1.807, 2.05) is 6.07 Å². The molecule has 16 heavy (non-hydrogen) atoms. The largest absolute Gasteiger partial charge is 0.468 e. The van der Waals surface area contributed by atoms with Crippen LogP contribution in [0.4, 0.5) is 0 Å². The molecule has 0 fully saturated rings. The van der Waals surface area contributed by atoms with Crippen molar-refractivity contribution in [3.8, 4) is 0 Å². The van der Waals surface area contributed by atoms with Crippen molar-refractivity contribution in [2.45, 2.75) is 20.3 Å². The summed E-state index contributed by atoms with van der Waals surface area (Å²) in [5.74, 6) is -0.675. The molecule has 3 heteroatoms. The van der Waals surface area contributed by atoms with Gasteiger partial charge in [0.25, 0.3) is 0 Å². The fourth-order valence-electron chi connectivity index (χ4n) is 1.53. The first-order valence-electron chi connectivity index (χ1n) is 5.24. The minimum absolute atomic E-state index is 0.192. The molecule has 0 aliphatic carbocycles. The van der Waals surface area contributed by atoms with E-state index in [0.717, 1.165) is 0 Å². The van der Waals surface area contributed by atoms with Crippen molar-refractivity contribution >= 4 is 11.8 Å². The van der Waals surface area contributed by atoms with E-state index in [2.05, 4.69) is 4.74 Å². The molecule has 1 rings (SSSR count). The minimum Gasteiger partial charge on any atom is -0.468 e. The first-order valence-corrected chi connectivity index (χ1v) is 5.24. The maximum absolute atomic E-state index is 12.2. The molecule has 0 amide bonds. The normalized spacial score (nSPS) is 13.9. The Kier molecular flexibility index (Phi) is 3.82. The molecule has 86 valence electrons. The number of Topliss-reactive ketones (excluding diaryl/α,β-unsaturated/α-hetero) is 1. The highest BCUT2D eigenvalue weighted by atomic mass is 16.5. The predicted molar refractivity (Wildman–Crippen MR) is 61.2 cm³/mol. The lowest BCUT2D eigenvalue weighted by molar-refractivity contribution is -0.148. The van der Waals surface area contributed by atoms with Gasteiger partial charge in [-0.25, -0.2) is 0 Å². The molecule has 0 aromatic heterocycles. The van der Waals surface area contributed by atoms with Crippen LogP contribution in [0.1, 0.15) is 30.6 Å². The summed E-state index contributed by atoms with van der Waals surface area (Å²) in [6, 6.07) is 8.80. The Labute approximate surface area is 95.4 Å². The van der Waals surface area contributed by atoms with Crippen molar-refractivity contribution < 1.29 is 14.3 Å². The quantitative estimate of drug-likeness (QED) is 0.444. The van der Waals surface area contributed by atoms with Gasteiger partial charge in [-0.05, 0) is 13.3 Å². The molecule has 0 radical (unpaired) electrons. The molecule has 0 aliphatic heterocycles. The van der Waals surface area contributed by atoms with E-state index in [1.54, 1.807) is 38.1 Å². The van der Waals surface area contributed by atoms with Gasteiger partial charge in [-0.15, -0.1) is 0 Å². The van der Waals surface area contributed by atoms with Crippen LogP contribution < -0.4 is 0 Å². The SMILES string of the molecule is CCC(C)(C(=O)OC)C(=O)c1ccccc1. The number of ether oxygens (including phenoxy) is 1. The summed E-state index contributed by atoms with van der Waals surface area (Å²) in [5.41, 5.74) is -0.548. The number of carbonyl (C=O) groups is 2. The van der Waals surface area contributed by atoms with Crippen LogP contribution in [0.2, 0.25) is 0 Å². The van der Waals surface area contributed by atoms with E-state index in [-0.39, 0.29) is 5.78 Å². The summed E-state index contributed by atoms with van der Waals surface area (Å²) in [6.07, 6.45) is 0.424. The number of methoxy groups -OCH3 is 1. The highest BCUT2D eigenvalue weighted by Crippen LogP contribution is 2.27. The Bertz CT molecular complexity index is 383. The second kappa shape index (κ2) is 4.92. The van der Waals surface area contributed by atoms with Crippen LogP contribution in [-0.2, 0) is 9.53 Å². The van der Waals surface area contributed by atoms with Crippen molar-refractivity contribution in [2.75, 3.05) is 7.11 Å². The molecule has 3 nitrogen and oxygen atoms in total. The van der Waals surface area contributed by atoms with E-state index in [0.29, 0.717) is 12.0 Å². The third-order valence-electron chi connectivity index (χ3n) is 2.88. The third-order valence-corrected chi connectivity index (χ3v) is 2.88. The van der Waals surface area contributed by atoms with E-state index in [4.69, 9.17) is 0 Å². The van der Waals surface area contributed by atoms with Gasteiger partial charge < -0.3 is 4.74 Å². The summed E-state index contributed by atoms with van der Waals surface area (Å²) in [6.45, 7) is 3.42. The van der Waals surface area contributed by atoms with Crippen LogP contribution in [-0.4, -0.2) is 18.9 Å². The maximum atomic E-state index is 12.2. The molecule has 0 aliphatic rings. The summed E-state index contributed by atoms with van der Waals surface area (Å²) < 4.78 is 4.69. The molecular formula is C13H16O3. The molecule has 0 bridgehead atoms. The van der Waals surface area contributed by atoms with Crippen molar-refractivity contribution in [3.63, 3.8) is 0 Å². The molecular weight excluding hydrogens is 204 g/mol. The minimum atomic E-state index is -1.09. The summed E-state index contributed by atoms with van der Waals surface area (Å²) >= 11 is 0. The molecule has 0 N–H and O–H groups in total. The second-order valence-corrected chi connectivity index (χ2v) is 3.87. The topological polar surface area (TPSA) is 43.4 Å². The summed E-state index contributed by atoms with van der Waals surface area (Å²) in [5, 5.41) is 0. The zero-order chi connectivity index (χ0) is 12.2. The van der Waals surface area contributed by atoms with Gasteiger partial charge in [-0.2, -0.15) is 0 Å². The Morgan fingerprint density at radius 1 is 1.25 bits per heavy atom. The van der Waals surface area contributed by atoms with Crippen LogP contribution >= 0.6 is 0 Å². The van der Waals surface area contributed by atoms with Crippen LogP contribution in [0, 0.1) is 5.41 Å². The number of hydrogen-bond donors (Lipinski definition) is 0. The number of hydrogen-bond acceptors (Lipinski definition) is 3. The average Bonchev–Trinajstić information content (AvgIpc) is 2.36. The van der Waals surface area contributed by atoms with Crippen LogP contribution in [0.3, 0.4) is 0 Å². The van der Waals surface area contributed by atoms with E-state index >= 15 is 0 Å². The van der Waals surface area contributed by atoms with Crippen LogP contribution in [0.15, 0.2) is 30.3 Å². The van der Waals surface area contributed by atoms with Gasteiger partial charge in [0.15, 0.2) is 5.78 Å². The van der Waals surface area contributed by atoms with Crippen molar-refractivity contribution in [1.82, 2.24) is 0 Å². The average molecular weight is 220 g/mol. The number of rotatable bonds is 4. The van der Waals surface area contributed by atoms with Crippen LogP contribution in [0.5, 0.6) is 0 Å². The van der Waals surface area contributed by atoms with E-state index in [9.17, 15) is 9.59 Å². The molecule has 0 spiro atoms. The van der Waals surface area contributed by atoms with Crippen LogP contribution in [0.25, 0.3) is 0 Å². The van der Waals surface area contributed by atoms with Gasteiger partial charge in [-0.1, -0.05) is 37.3 Å². The Balaban J connectivity index is 3.07. The molecule has 1 unspecified atom stereocenters. The number of ketones is 1. The van der Waals surface area contributed by atoms with Crippen molar-refractivity contribution in [1.29, 1.82) is 0 Å². The lowest BCUT2D eigenvalue weighted by atomic mass is 9.80. The highest BCUT2D eigenvalue weighted by Gasteiger charge is 2.40. The fourth-order valence-corrected chi connectivity index (χ4v) is 1.53. The number of benzene rings is 1. The standard InChI is InChI=1S/C13H16O3/c1-4-13(2,12(15)16-3)11(14)10-8-6-5-7-9-10/h5-9H,4H2,1-3H3. The van der Waals surface area contributed by atoms with Gasteiger partial charge >= 0.3 is 5.97 Å². The molecule has 1 atom stereocenters. The lowest BCUT2D eigenvalue weighted by Crippen LogP contribution is -2.37. The maximum Gasteiger partial charge on any atom is 0.319 e. The van der Waals surface area contributed by atoms with Crippen molar-refractivity contribution in [2.24, 2.45) is 5.41 Å². The van der Waals surface area contributed by atoms with E-state index < -0.39 is 11.4 Å². The van der Waals surface area contributed by atoms with Crippen molar-refractivity contribution in [3.05, 3.63) is 35.9 Å². The summed E-state index contributed by atoms with van der Waals surface area (Å²) in [4.78, 5) is 23.8. The molecule has 1 aromatic rings. The number of esters is 1. The molecule has 0 saturated carbocycles. The van der Waals surface area contributed by atoms with E-state index in [1.165, 1.54) is 7.11 Å². The smallest absolute Gasteiger partial charge is 0.319 e. The summed E-state index contributed by atoms with van der Waals surface area (Å²) in [7, 11) is 1.30. The first kappa shape index (κ1) is 12.4. The predicted octanol–water partition coefficient (Wildman–Crippen LogP) is 2.46. The Morgan fingerprint density at radius 3 is 2.25 bits per heavy atom. The first-order chi connectivity index (χ1) is 7.56. The van der Waals surface area contributed by atoms with Gasteiger partial charge in [0, 0.05) is 5.56 Å². The van der Waals surface area contributed by atoms with Gasteiger partial charge in [0.05, 0.1) is 7.11 Å². The molecule has 1 aromatic carbocycles. The molecule has 0 saturated heterocycles. The second-order valence-electron chi connectivity index (χ2n) is 3.87. The monoisotopic (exact) mass is 220 g/mol. The highest BCUT2D eigenvalue weighted by molar-refractivity contribution is 6.12.